The zero-order valence-electron chi connectivity index (χ0n) is 19.1. The highest BCUT2D eigenvalue weighted by molar-refractivity contribution is 5.76. The fourth-order valence-corrected chi connectivity index (χ4v) is 4.41. The minimum atomic E-state index is -0.174. The minimum Gasteiger partial charge on any atom is -0.393 e. The number of aliphatic hydroxyl groups is 1. The van der Waals surface area contributed by atoms with Crippen LogP contribution in [0.15, 0.2) is 42.7 Å². The van der Waals surface area contributed by atoms with Gasteiger partial charge in [-0.1, -0.05) is 18.7 Å². The van der Waals surface area contributed by atoms with E-state index >= 15 is 0 Å². The molecule has 8 nitrogen and oxygen atoms in total. The Morgan fingerprint density at radius 3 is 2.56 bits per heavy atom. The van der Waals surface area contributed by atoms with Gasteiger partial charge in [-0.15, -0.1) is 5.10 Å². The van der Waals surface area contributed by atoms with Crippen molar-refractivity contribution >= 4 is 17.5 Å². The van der Waals surface area contributed by atoms with Gasteiger partial charge in [-0.2, -0.15) is 4.68 Å². The van der Waals surface area contributed by atoms with E-state index in [-0.39, 0.29) is 12.1 Å². The predicted octanol–water partition coefficient (Wildman–Crippen LogP) is 2.88. The van der Waals surface area contributed by atoms with Crippen molar-refractivity contribution in [2.45, 2.75) is 39.3 Å². The van der Waals surface area contributed by atoms with Crippen LogP contribution in [-0.2, 0) is 6.54 Å². The summed E-state index contributed by atoms with van der Waals surface area (Å²) in [6.07, 6.45) is 3.16. The van der Waals surface area contributed by atoms with Crippen LogP contribution >= 0.6 is 0 Å². The lowest BCUT2D eigenvalue weighted by Gasteiger charge is -2.37. The van der Waals surface area contributed by atoms with E-state index in [1.807, 2.05) is 11.8 Å². The molecule has 2 N–H and O–H groups in total. The Bertz CT molecular complexity index is 955. The summed E-state index contributed by atoms with van der Waals surface area (Å²) in [6, 6.07) is 8.35. The molecule has 2 fully saturated rings. The third kappa shape index (κ3) is 5.31. The second-order valence-corrected chi connectivity index (χ2v) is 8.95. The molecule has 32 heavy (non-hydrogen) atoms. The number of amides is 1. The van der Waals surface area contributed by atoms with Crippen LogP contribution < -0.4 is 10.2 Å². The Kier molecular flexibility index (Phi) is 6.81. The molecule has 1 aromatic heterocycles. The zero-order valence-corrected chi connectivity index (χ0v) is 19.1. The van der Waals surface area contributed by atoms with Gasteiger partial charge in [-0.05, 0) is 43.9 Å². The lowest BCUT2D eigenvalue weighted by atomic mass is 10.0. The Balaban J connectivity index is 1.35. The maximum atomic E-state index is 12.8. The number of rotatable bonds is 5. The molecule has 0 bridgehead atoms. The maximum Gasteiger partial charge on any atom is 0.344 e. The zero-order chi connectivity index (χ0) is 22.7. The average Bonchev–Trinajstić information content (AvgIpc) is 3.23. The van der Waals surface area contributed by atoms with Gasteiger partial charge in [0.05, 0.1) is 6.10 Å². The van der Waals surface area contributed by atoms with Crippen molar-refractivity contribution in [2.24, 2.45) is 0 Å². The summed E-state index contributed by atoms with van der Waals surface area (Å²) in [4.78, 5) is 19.5. The topological polar surface area (TPSA) is 76.9 Å². The number of aryl methyl sites for hydroxylation is 1. The molecule has 0 unspecified atom stereocenters. The number of carbonyl (C=O) groups excluding carboxylic acids is 1. The number of piperazine rings is 1. The SMILES string of the molecule is C=C(C)Nc1ccn(C(=O)N2CCN(Cc3ccc(C)cc3N3CCC(O)CC3)CC2)n1. The molecule has 3 heterocycles. The normalized spacial score (nSPS) is 18.1. The van der Waals surface area contributed by atoms with Crippen molar-refractivity contribution in [2.75, 3.05) is 49.5 Å². The summed E-state index contributed by atoms with van der Waals surface area (Å²) in [5, 5.41) is 17.2. The molecule has 1 aromatic carbocycles. The molecule has 2 saturated heterocycles. The monoisotopic (exact) mass is 438 g/mol. The van der Waals surface area contributed by atoms with Gasteiger partial charge in [-0.25, -0.2) is 4.79 Å². The van der Waals surface area contributed by atoms with E-state index in [4.69, 9.17) is 0 Å². The number of hydrogen-bond acceptors (Lipinski definition) is 6. The summed E-state index contributed by atoms with van der Waals surface area (Å²) < 4.78 is 1.39. The van der Waals surface area contributed by atoms with Crippen LogP contribution in [0, 0.1) is 6.92 Å². The summed E-state index contributed by atoms with van der Waals surface area (Å²) in [7, 11) is 0. The molecule has 172 valence electrons. The first-order valence-corrected chi connectivity index (χ1v) is 11.4. The first-order chi connectivity index (χ1) is 15.4. The molecule has 0 atom stereocenters. The fraction of sp³-hybridized carbons (Fsp3) is 0.500. The van der Waals surface area contributed by atoms with E-state index in [9.17, 15) is 9.90 Å². The molecule has 0 spiro atoms. The van der Waals surface area contributed by atoms with Crippen LogP contribution in [0.2, 0.25) is 0 Å². The first kappa shape index (κ1) is 22.4. The number of nitrogens with zero attached hydrogens (tertiary/aromatic N) is 5. The van der Waals surface area contributed by atoms with Crippen molar-refractivity contribution in [1.29, 1.82) is 0 Å². The Hall–Kier alpha value is -2.84. The molecule has 8 heteroatoms. The van der Waals surface area contributed by atoms with Gasteiger partial charge in [0.15, 0.2) is 5.82 Å². The lowest BCUT2D eigenvalue weighted by molar-refractivity contribution is 0.134. The van der Waals surface area contributed by atoms with E-state index in [1.165, 1.54) is 21.5 Å². The Morgan fingerprint density at radius 1 is 1.16 bits per heavy atom. The van der Waals surface area contributed by atoms with E-state index in [1.54, 1.807) is 12.3 Å². The van der Waals surface area contributed by atoms with Crippen LogP contribution in [0.5, 0.6) is 0 Å². The molecule has 1 amide bonds. The number of allylic oxidation sites excluding steroid dienone is 1. The molecule has 4 rings (SSSR count). The van der Waals surface area contributed by atoms with Gasteiger partial charge < -0.3 is 20.2 Å². The number of piperidine rings is 1. The number of aliphatic hydroxyl groups excluding tert-OH is 1. The van der Waals surface area contributed by atoms with Crippen LogP contribution in [0.25, 0.3) is 0 Å². The van der Waals surface area contributed by atoms with Crippen molar-refractivity contribution in [3.05, 3.63) is 53.9 Å². The molecule has 0 saturated carbocycles. The highest BCUT2D eigenvalue weighted by Gasteiger charge is 2.25. The third-order valence-corrected chi connectivity index (χ3v) is 6.21. The van der Waals surface area contributed by atoms with Crippen molar-refractivity contribution in [3.63, 3.8) is 0 Å². The van der Waals surface area contributed by atoms with Crippen molar-refractivity contribution in [1.82, 2.24) is 19.6 Å². The van der Waals surface area contributed by atoms with Crippen molar-refractivity contribution < 1.29 is 9.90 Å². The average molecular weight is 439 g/mol. The Labute approximate surface area is 190 Å². The van der Waals surface area contributed by atoms with Gasteiger partial charge in [0.2, 0.25) is 0 Å². The number of nitrogens with one attached hydrogen (secondary N) is 1. The summed E-state index contributed by atoms with van der Waals surface area (Å²) >= 11 is 0. The second kappa shape index (κ2) is 9.75. The molecule has 0 aliphatic carbocycles. The predicted molar refractivity (Wildman–Crippen MR) is 127 cm³/mol. The number of benzene rings is 1. The highest BCUT2D eigenvalue weighted by Crippen LogP contribution is 2.27. The summed E-state index contributed by atoms with van der Waals surface area (Å²) in [6.45, 7) is 13.5. The van der Waals surface area contributed by atoms with E-state index < -0.39 is 0 Å². The van der Waals surface area contributed by atoms with Gasteiger partial charge in [0.25, 0.3) is 0 Å². The van der Waals surface area contributed by atoms with Crippen LogP contribution in [0.3, 0.4) is 0 Å². The summed E-state index contributed by atoms with van der Waals surface area (Å²) in [5.74, 6) is 0.626. The highest BCUT2D eigenvalue weighted by atomic mass is 16.3. The Morgan fingerprint density at radius 2 is 1.88 bits per heavy atom. The third-order valence-electron chi connectivity index (χ3n) is 6.21. The van der Waals surface area contributed by atoms with Crippen LogP contribution in [-0.4, -0.2) is 76.1 Å². The second-order valence-electron chi connectivity index (χ2n) is 8.95. The lowest BCUT2D eigenvalue weighted by Crippen LogP contribution is -2.49. The standard InChI is InChI=1S/C24H34N6O2/c1-18(2)25-23-8-11-30(26-23)24(32)29-14-12-27(13-15-29)17-20-5-4-19(3)16-22(20)28-9-6-21(31)7-10-28/h4-5,8,11,16,21,31H,1,6-7,9-10,12-15,17H2,2-3H3,(H,25,26). The number of aromatic nitrogens is 2. The minimum absolute atomic E-state index is 0.0951. The molecular weight excluding hydrogens is 404 g/mol. The van der Waals surface area contributed by atoms with Gasteiger partial charge in [0, 0.05) is 69.5 Å². The van der Waals surface area contributed by atoms with Crippen LogP contribution in [0.1, 0.15) is 30.9 Å². The number of anilines is 2. The molecule has 2 aromatic rings. The molecule has 2 aliphatic rings. The number of hydrogen-bond donors (Lipinski definition) is 2. The van der Waals surface area contributed by atoms with Gasteiger partial charge in [-0.3, -0.25) is 4.90 Å². The number of carbonyl (C=O) groups is 1. The molecular formula is C24H34N6O2. The van der Waals surface area contributed by atoms with Gasteiger partial charge in [0.1, 0.15) is 0 Å². The fourth-order valence-electron chi connectivity index (χ4n) is 4.41. The smallest absolute Gasteiger partial charge is 0.344 e. The summed E-state index contributed by atoms with van der Waals surface area (Å²) in [5.41, 5.74) is 4.64. The first-order valence-electron chi connectivity index (χ1n) is 11.4. The van der Waals surface area contributed by atoms with E-state index in [0.29, 0.717) is 18.9 Å². The largest absolute Gasteiger partial charge is 0.393 e. The maximum absolute atomic E-state index is 12.8. The van der Waals surface area contributed by atoms with Crippen LogP contribution in [0.4, 0.5) is 16.3 Å². The molecule has 2 aliphatic heterocycles. The molecule has 0 radical (unpaired) electrons. The van der Waals surface area contributed by atoms with E-state index in [0.717, 1.165) is 51.3 Å². The van der Waals surface area contributed by atoms with Gasteiger partial charge >= 0.3 is 6.03 Å². The quantitative estimate of drug-likeness (QED) is 0.748. The van der Waals surface area contributed by atoms with Crippen molar-refractivity contribution in [3.8, 4) is 0 Å². The van der Waals surface area contributed by atoms with E-state index in [2.05, 4.69) is 51.9 Å².